The number of rotatable bonds is 8. The Hall–Kier alpha value is -1.35. The van der Waals surface area contributed by atoms with Crippen LogP contribution in [0.1, 0.15) is 45.7 Å². The van der Waals surface area contributed by atoms with Gasteiger partial charge >= 0.3 is 0 Å². The van der Waals surface area contributed by atoms with Crippen molar-refractivity contribution in [1.82, 2.24) is 10.6 Å². The third kappa shape index (κ3) is 6.20. The Kier molecular flexibility index (Phi) is 7.31. The number of benzene rings is 1. The summed E-state index contributed by atoms with van der Waals surface area (Å²) >= 11 is 0. The van der Waals surface area contributed by atoms with Crippen molar-refractivity contribution < 1.29 is 4.79 Å². The van der Waals surface area contributed by atoms with Gasteiger partial charge < -0.3 is 10.6 Å². The molecule has 1 aromatic rings. The van der Waals surface area contributed by atoms with E-state index in [1.807, 2.05) is 6.07 Å². The molecule has 0 spiro atoms. The van der Waals surface area contributed by atoms with E-state index in [9.17, 15) is 4.79 Å². The van der Waals surface area contributed by atoms with Crippen LogP contribution in [0.2, 0.25) is 0 Å². The highest BCUT2D eigenvalue weighted by Gasteiger charge is 2.15. The molecule has 1 unspecified atom stereocenters. The first-order valence-corrected chi connectivity index (χ1v) is 7.55. The van der Waals surface area contributed by atoms with Crippen molar-refractivity contribution in [3.05, 3.63) is 35.9 Å². The molecule has 0 aliphatic rings. The molecule has 0 saturated carbocycles. The quantitative estimate of drug-likeness (QED) is 0.766. The van der Waals surface area contributed by atoms with E-state index in [1.54, 1.807) is 0 Å². The third-order valence-electron chi connectivity index (χ3n) is 3.25. The summed E-state index contributed by atoms with van der Waals surface area (Å²) < 4.78 is 0. The second-order valence-corrected chi connectivity index (χ2v) is 6.03. The van der Waals surface area contributed by atoms with Crippen LogP contribution in [0.25, 0.3) is 0 Å². The van der Waals surface area contributed by atoms with Crippen molar-refractivity contribution in [3.63, 3.8) is 0 Å². The van der Waals surface area contributed by atoms with Gasteiger partial charge in [-0.2, -0.15) is 0 Å². The van der Waals surface area contributed by atoms with Crippen molar-refractivity contribution in [2.24, 2.45) is 11.8 Å². The average molecular weight is 276 g/mol. The van der Waals surface area contributed by atoms with Crippen LogP contribution >= 0.6 is 0 Å². The van der Waals surface area contributed by atoms with Gasteiger partial charge in [-0.15, -0.1) is 0 Å². The molecule has 0 bridgehead atoms. The zero-order chi connectivity index (χ0) is 15.0. The van der Waals surface area contributed by atoms with Gasteiger partial charge in [-0.25, -0.2) is 0 Å². The minimum Gasteiger partial charge on any atom is -0.356 e. The highest BCUT2D eigenvalue weighted by atomic mass is 16.1. The van der Waals surface area contributed by atoms with Crippen LogP contribution in [0.4, 0.5) is 0 Å². The van der Waals surface area contributed by atoms with Crippen LogP contribution in [0.15, 0.2) is 30.3 Å². The maximum Gasteiger partial charge on any atom is 0.221 e. The Bertz CT molecular complexity index is 387. The minimum atomic E-state index is 0.127. The van der Waals surface area contributed by atoms with E-state index in [4.69, 9.17) is 0 Å². The average Bonchev–Trinajstić information content (AvgIpc) is 2.42. The fourth-order valence-electron chi connectivity index (χ4n) is 2.15. The summed E-state index contributed by atoms with van der Waals surface area (Å²) in [5.74, 6) is 1.12. The zero-order valence-corrected chi connectivity index (χ0v) is 13.1. The summed E-state index contributed by atoms with van der Waals surface area (Å²) in [6.45, 7) is 10.1. The number of carbonyl (C=O) groups excluding carboxylic acids is 1. The predicted octanol–water partition coefficient (Wildman–Crippen LogP) is 3.14. The SMILES string of the molecule is CC(C)CNC(=O)CCNC(c1ccccc1)C(C)C. The molecule has 2 N–H and O–H groups in total. The lowest BCUT2D eigenvalue weighted by atomic mass is 9.96. The first-order chi connectivity index (χ1) is 9.50. The first-order valence-electron chi connectivity index (χ1n) is 7.55. The molecule has 0 fully saturated rings. The fourth-order valence-corrected chi connectivity index (χ4v) is 2.15. The first kappa shape index (κ1) is 16.7. The maximum atomic E-state index is 11.7. The van der Waals surface area contributed by atoms with Gasteiger partial charge in [-0.3, -0.25) is 4.79 Å². The van der Waals surface area contributed by atoms with Gasteiger partial charge in [0.05, 0.1) is 0 Å². The number of hydrogen-bond acceptors (Lipinski definition) is 2. The van der Waals surface area contributed by atoms with E-state index in [0.717, 1.165) is 6.54 Å². The largest absolute Gasteiger partial charge is 0.356 e. The Morgan fingerprint density at radius 3 is 2.30 bits per heavy atom. The Morgan fingerprint density at radius 2 is 1.75 bits per heavy atom. The molecular weight excluding hydrogens is 248 g/mol. The lowest BCUT2D eigenvalue weighted by Crippen LogP contribution is -2.32. The monoisotopic (exact) mass is 276 g/mol. The molecule has 112 valence electrons. The molecule has 3 nitrogen and oxygen atoms in total. The van der Waals surface area contributed by atoms with Gasteiger partial charge in [0.25, 0.3) is 0 Å². The van der Waals surface area contributed by atoms with Crippen LogP contribution in [-0.4, -0.2) is 19.0 Å². The Morgan fingerprint density at radius 1 is 1.10 bits per heavy atom. The van der Waals surface area contributed by atoms with Crippen molar-refractivity contribution >= 4 is 5.91 Å². The fraction of sp³-hybridized carbons (Fsp3) is 0.588. The van der Waals surface area contributed by atoms with Crippen molar-refractivity contribution in [2.75, 3.05) is 13.1 Å². The van der Waals surface area contributed by atoms with Gasteiger partial charge in [-0.05, 0) is 17.4 Å². The summed E-state index contributed by atoms with van der Waals surface area (Å²) in [6, 6.07) is 10.7. The predicted molar refractivity (Wildman–Crippen MR) is 84.5 cm³/mol. The van der Waals surface area contributed by atoms with Crippen molar-refractivity contribution in [1.29, 1.82) is 0 Å². The highest BCUT2D eigenvalue weighted by molar-refractivity contribution is 5.76. The topological polar surface area (TPSA) is 41.1 Å². The van der Waals surface area contributed by atoms with E-state index in [1.165, 1.54) is 5.56 Å². The van der Waals surface area contributed by atoms with Gasteiger partial charge in [-0.1, -0.05) is 58.0 Å². The van der Waals surface area contributed by atoms with Crippen LogP contribution in [-0.2, 0) is 4.79 Å². The molecule has 0 aliphatic heterocycles. The molecule has 0 heterocycles. The van der Waals surface area contributed by atoms with E-state index >= 15 is 0 Å². The van der Waals surface area contributed by atoms with Crippen LogP contribution in [0, 0.1) is 11.8 Å². The van der Waals surface area contributed by atoms with E-state index in [0.29, 0.717) is 30.8 Å². The van der Waals surface area contributed by atoms with E-state index in [2.05, 4.69) is 62.6 Å². The summed E-state index contributed by atoms with van der Waals surface area (Å²) in [5.41, 5.74) is 1.28. The van der Waals surface area contributed by atoms with Crippen molar-refractivity contribution in [2.45, 2.75) is 40.2 Å². The van der Waals surface area contributed by atoms with Crippen LogP contribution in [0.5, 0.6) is 0 Å². The molecule has 1 atom stereocenters. The highest BCUT2D eigenvalue weighted by Crippen LogP contribution is 2.20. The molecule has 0 radical (unpaired) electrons. The summed E-state index contributed by atoms with van der Waals surface area (Å²) in [6.07, 6.45) is 0.531. The zero-order valence-electron chi connectivity index (χ0n) is 13.1. The third-order valence-corrected chi connectivity index (χ3v) is 3.25. The van der Waals surface area contributed by atoms with Gasteiger partial charge in [0.15, 0.2) is 0 Å². The number of amides is 1. The number of nitrogens with one attached hydrogen (secondary N) is 2. The van der Waals surface area contributed by atoms with E-state index in [-0.39, 0.29) is 5.91 Å². The molecule has 0 saturated heterocycles. The molecule has 1 amide bonds. The molecule has 0 aliphatic carbocycles. The summed E-state index contributed by atoms with van der Waals surface area (Å²) in [7, 11) is 0. The molecule has 1 aromatic carbocycles. The number of carbonyl (C=O) groups is 1. The minimum absolute atomic E-state index is 0.127. The molecular formula is C17H28N2O. The standard InChI is InChI=1S/C17H28N2O/c1-13(2)12-19-16(20)10-11-18-17(14(3)4)15-8-6-5-7-9-15/h5-9,13-14,17-18H,10-12H2,1-4H3,(H,19,20). The smallest absolute Gasteiger partial charge is 0.221 e. The van der Waals surface area contributed by atoms with Crippen LogP contribution < -0.4 is 10.6 Å². The Labute approximate surface area is 123 Å². The van der Waals surface area contributed by atoms with Gasteiger partial charge in [0.2, 0.25) is 5.91 Å². The van der Waals surface area contributed by atoms with Gasteiger partial charge in [0.1, 0.15) is 0 Å². The van der Waals surface area contributed by atoms with E-state index < -0.39 is 0 Å². The number of hydrogen-bond donors (Lipinski definition) is 2. The maximum absolute atomic E-state index is 11.7. The Balaban J connectivity index is 2.39. The molecule has 20 heavy (non-hydrogen) atoms. The molecule has 0 aromatic heterocycles. The summed E-state index contributed by atoms with van der Waals surface area (Å²) in [4.78, 5) is 11.7. The molecule has 3 heteroatoms. The lowest BCUT2D eigenvalue weighted by molar-refractivity contribution is -0.121. The molecule has 1 rings (SSSR count). The second-order valence-electron chi connectivity index (χ2n) is 6.03. The van der Waals surface area contributed by atoms with Crippen molar-refractivity contribution in [3.8, 4) is 0 Å². The normalized spacial score (nSPS) is 12.7. The second kappa shape index (κ2) is 8.75. The van der Waals surface area contributed by atoms with Gasteiger partial charge in [0, 0.05) is 25.6 Å². The van der Waals surface area contributed by atoms with Crippen LogP contribution in [0.3, 0.4) is 0 Å². The summed E-state index contributed by atoms with van der Waals surface area (Å²) in [5, 5.41) is 6.44. The lowest BCUT2D eigenvalue weighted by Gasteiger charge is -2.23.